The van der Waals surface area contributed by atoms with Crippen molar-refractivity contribution < 1.29 is 39.6 Å². The van der Waals surface area contributed by atoms with E-state index >= 15 is 0 Å². The molecule has 0 fully saturated rings. The molecule has 1 atom stereocenters. The summed E-state index contributed by atoms with van der Waals surface area (Å²) >= 11 is 0. The Labute approximate surface area is 126 Å². The molecule has 0 aromatic carbocycles. The minimum absolute atomic E-state index is 0. The maximum absolute atomic E-state index is 9.00. The number of hydrogen-bond donors (Lipinski definition) is 6. The maximum atomic E-state index is 9.00. The molecule has 0 bridgehead atoms. The van der Waals surface area contributed by atoms with Gasteiger partial charge in [-0.1, -0.05) is 0 Å². The van der Waals surface area contributed by atoms with Crippen LogP contribution in [0.2, 0.25) is 0 Å². The van der Waals surface area contributed by atoms with Crippen molar-refractivity contribution in [2.24, 2.45) is 11.5 Å². The molecule has 0 aliphatic heterocycles. The van der Waals surface area contributed by atoms with Gasteiger partial charge < -0.3 is 31.9 Å². The molecule has 11 heteroatoms. The highest BCUT2D eigenvalue weighted by Gasteiger charge is 1.66. The Morgan fingerprint density at radius 2 is 0.667 bits per heavy atom. The summed E-state index contributed by atoms with van der Waals surface area (Å²) in [5.41, 5.74) is 9.81. The van der Waals surface area contributed by atoms with Crippen molar-refractivity contribution in [2.45, 2.75) is 27.7 Å². The normalized spacial score (nSPS) is 6.19. The van der Waals surface area contributed by atoms with Gasteiger partial charge in [0, 0.05) is 40.8 Å². The summed E-state index contributed by atoms with van der Waals surface area (Å²) < 4.78 is 0. The SMILES string of the molecule is CC(=O)O.CC(=O)O.CC(=O)O.CC(=O)O.NCCN.P. The minimum atomic E-state index is -0.833. The van der Waals surface area contributed by atoms with E-state index in [1.807, 2.05) is 0 Å². The van der Waals surface area contributed by atoms with Crippen LogP contribution in [0.1, 0.15) is 27.7 Å². The molecule has 0 heterocycles. The van der Waals surface area contributed by atoms with E-state index in [9.17, 15) is 0 Å². The molecule has 0 aliphatic rings. The lowest BCUT2D eigenvalue weighted by Gasteiger charge is -1.72. The zero-order valence-corrected chi connectivity index (χ0v) is 14.1. The fourth-order valence-corrected chi connectivity index (χ4v) is 0. The van der Waals surface area contributed by atoms with Crippen molar-refractivity contribution in [3.63, 3.8) is 0 Å². The van der Waals surface area contributed by atoms with E-state index in [0.717, 1.165) is 27.7 Å². The fraction of sp³-hybridized carbons (Fsp3) is 0.600. The lowest BCUT2D eigenvalue weighted by molar-refractivity contribution is -0.135. The Bertz CT molecular complexity index is 195. The first-order valence-corrected chi connectivity index (χ1v) is 5.03. The summed E-state index contributed by atoms with van der Waals surface area (Å²) in [4.78, 5) is 36.0. The molecular weight excluding hydrogens is 307 g/mol. The summed E-state index contributed by atoms with van der Waals surface area (Å²) in [6.07, 6.45) is 0. The van der Waals surface area contributed by atoms with Crippen LogP contribution in [0, 0.1) is 0 Å². The summed E-state index contributed by atoms with van der Waals surface area (Å²) in [5, 5.41) is 29.7. The predicted molar refractivity (Wildman–Crippen MR) is 82.5 cm³/mol. The molecule has 0 saturated carbocycles. The molecule has 0 amide bonds. The van der Waals surface area contributed by atoms with E-state index in [2.05, 4.69) is 0 Å². The van der Waals surface area contributed by atoms with Gasteiger partial charge in [0.2, 0.25) is 0 Å². The van der Waals surface area contributed by atoms with Crippen molar-refractivity contribution in [3.05, 3.63) is 0 Å². The summed E-state index contributed by atoms with van der Waals surface area (Å²) in [6, 6.07) is 0. The third kappa shape index (κ3) is 8100. The average Bonchev–Trinajstić information content (AvgIpc) is 2.13. The minimum Gasteiger partial charge on any atom is -0.481 e. The summed E-state index contributed by atoms with van der Waals surface area (Å²) in [7, 11) is 0. The van der Waals surface area contributed by atoms with Crippen molar-refractivity contribution in [1.29, 1.82) is 0 Å². The van der Waals surface area contributed by atoms with Gasteiger partial charge in [-0.25, -0.2) is 0 Å². The Morgan fingerprint density at radius 3 is 0.667 bits per heavy atom. The van der Waals surface area contributed by atoms with Crippen molar-refractivity contribution in [1.82, 2.24) is 0 Å². The molecule has 1 unspecified atom stereocenters. The maximum Gasteiger partial charge on any atom is 0.300 e. The molecular formula is C10H27N2O8P. The van der Waals surface area contributed by atoms with Crippen LogP contribution in [-0.4, -0.2) is 57.4 Å². The third-order valence-electron chi connectivity index (χ3n) is 0.167. The van der Waals surface area contributed by atoms with Gasteiger partial charge in [-0.15, -0.1) is 0 Å². The number of aliphatic carboxylic acids is 4. The average molecular weight is 334 g/mol. The molecule has 0 aromatic heterocycles. The number of rotatable bonds is 1. The number of carboxylic acids is 4. The zero-order valence-electron chi connectivity index (χ0n) is 12.7. The molecule has 130 valence electrons. The second-order valence-corrected chi connectivity index (χ2v) is 2.65. The van der Waals surface area contributed by atoms with Gasteiger partial charge in [0.15, 0.2) is 0 Å². The molecule has 0 saturated heterocycles. The van der Waals surface area contributed by atoms with E-state index in [1.165, 1.54) is 0 Å². The van der Waals surface area contributed by atoms with E-state index in [4.69, 9.17) is 51.1 Å². The predicted octanol–water partition coefficient (Wildman–Crippen LogP) is -0.674. The molecule has 0 spiro atoms. The van der Waals surface area contributed by atoms with Gasteiger partial charge in [0.05, 0.1) is 0 Å². The molecule has 0 aliphatic carbocycles. The molecule has 8 N–H and O–H groups in total. The molecule has 10 nitrogen and oxygen atoms in total. The Kier molecular flexibility index (Phi) is 62.9. The number of nitrogens with two attached hydrogens (primary N) is 2. The van der Waals surface area contributed by atoms with Gasteiger partial charge in [0.25, 0.3) is 23.9 Å². The van der Waals surface area contributed by atoms with E-state index in [1.54, 1.807) is 0 Å². The van der Waals surface area contributed by atoms with Crippen LogP contribution in [0.5, 0.6) is 0 Å². The highest BCUT2D eigenvalue weighted by molar-refractivity contribution is 6.92. The first-order chi connectivity index (χ1) is 8.84. The van der Waals surface area contributed by atoms with Gasteiger partial charge in [0.1, 0.15) is 0 Å². The van der Waals surface area contributed by atoms with E-state index < -0.39 is 23.9 Å². The van der Waals surface area contributed by atoms with Crippen LogP contribution in [0.4, 0.5) is 0 Å². The third-order valence-corrected chi connectivity index (χ3v) is 0.167. The summed E-state index contributed by atoms with van der Waals surface area (Å²) in [5.74, 6) is -3.33. The quantitative estimate of drug-likeness (QED) is 0.334. The first-order valence-electron chi connectivity index (χ1n) is 5.03. The smallest absolute Gasteiger partial charge is 0.300 e. The second-order valence-electron chi connectivity index (χ2n) is 2.65. The molecule has 0 aromatic rings. The topological polar surface area (TPSA) is 201 Å². The zero-order chi connectivity index (χ0) is 17.7. The Balaban J connectivity index is -0.0000000331. The van der Waals surface area contributed by atoms with Gasteiger partial charge >= 0.3 is 0 Å². The standard InChI is InChI=1S/C2H8N2.4C2H4O2.H3P/c3-1-2-4;4*1-2(3)4;/h1-4H2;4*1H3,(H,3,4);1H3. The van der Waals surface area contributed by atoms with Crippen molar-refractivity contribution in [3.8, 4) is 0 Å². The van der Waals surface area contributed by atoms with Gasteiger partial charge in [-0.05, 0) is 0 Å². The highest BCUT2D eigenvalue weighted by atomic mass is 31.0. The van der Waals surface area contributed by atoms with Crippen LogP contribution < -0.4 is 11.5 Å². The van der Waals surface area contributed by atoms with Crippen LogP contribution in [-0.2, 0) is 19.2 Å². The number of hydrogen-bond acceptors (Lipinski definition) is 6. The monoisotopic (exact) mass is 334 g/mol. The van der Waals surface area contributed by atoms with E-state index in [0.29, 0.717) is 13.1 Å². The fourth-order valence-electron chi connectivity index (χ4n) is 0. The molecule has 0 rings (SSSR count). The van der Waals surface area contributed by atoms with Gasteiger partial charge in [-0.2, -0.15) is 9.90 Å². The van der Waals surface area contributed by atoms with Crippen LogP contribution in [0.15, 0.2) is 0 Å². The van der Waals surface area contributed by atoms with Crippen molar-refractivity contribution in [2.75, 3.05) is 13.1 Å². The first kappa shape index (κ1) is 36.5. The highest BCUT2D eigenvalue weighted by Crippen LogP contribution is 1.43. The van der Waals surface area contributed by atoms with Gasteiger partial charge in [-0.3, -0.25) is 19.2 Å². The molecule has 0 radical (unpaired) electrons. The molecule has 21 heavy (non-hydrogen) atoms. The summed E-state index contributed by atoms with van der Waals surface area (Å²) in [6.45, 7) is 5.53. The Morgan fingerprint density at radius 1 is 0.619 bits per heavy atom. The lowest BCUT2D eigenvalue weighted by Crippen LogP contribution is -2.11. The Hall–Kier alpha value is -1.77. The lowest BCUT2D eigenvalue weighted by atomic mass is 10.7. The number of carbonyl (C=O) groups is 4. The number of carboxylic acid groups (broad SMARTS) is 4. The van der Waals surface area contributed by atoms with Crippen LogP contribution in [0.3, 0.4) is 0 Å². The van der Waals surface area contributed by atoms with Crippen LogP contribution in [0.25, 0.3) is 0 Å². The van der Waals surface area contributed by atoms with Crippen LogP contribution >= 0.6 is 9.90 Å². The van der Waals surface area contributed by atoms with E-state index in [-0.39, 0.29) is 9.90 Å². The largest absolute Gasteiger partial charge is 0.481 e. The van der Waals surface area contributed by atoms with Crippen molar-refractivity contribution >= 4 is 33.8 Å². The second kappa shape index (κ2) is 36.2.